The number of benzene rings is 5. The Labute approximate surface area is 238 Å². The molecule has 0 aromatic heterocycles. The summed E-state index contributed by atoms with van der Waals surface area (Å²) in [6.45, 7) is 1.58. The zero-order valence-electron chi connectivity index (χ0n) is 22.2. The van der Waals surface area contributed by atoms with E-state index in [1.165, 1.54) is 14.7 Å². The molecular weight excluding hydrogens is 512 g/mol. The van der Waals surface area contributed by atoms with Crippen molar-refractivity contribution in [3.8, 4) is 17.6 Å². The van der Waals surface area contributed by atoms with Crippen LogP contribution in [0.4, 0.5) is 0 Å². The zero-order chi connectivity index (χ0) is 27.6. The summed E-state index contributed by atoms with van der Waals surface area (Å²) in [7, 11) is -0.251. The largest absolute Gasteiger partial charge is 0.482 e. The Morgan fingerprint density at radius 3 is 1.68 bits per heavy atom. The predicted octanol–water partition coefficient (Wildman–Crippen LogP) is 7.67. The van der Waals surface area contributed by atoms with Crippen LogP contribution in [0.2, 0.25) is 0 Å². The SMILES string of the molecule is CC(C#Cc1ccccc1)(OC(=O)COc1ccc([S+](c2ccccc2)c2ccccc2)cc1)c1ccccc1. The molecule has 5 rings (SSSR count). The molecule has 0 N–H and O–H groups in total. The third-order valence-corrected chi connectivity index (χ3v) is 8.47. The molecular formula is C36H29O3S+. The molecule has 4 heteroatoms. The van der Waals surface area contributed by atoms with Crippen LogP contribution in [0.25, 0.3) is 0 Å². The average Bonchev–Trinajstić information content (AvgIpc) is 3.02. The van der Waals surface area contributed by atoms with Crippen molar-refractivity contribution in [1.29, 1.82) is 0 Å². The van der Waals surface area contributed by atoms with Crippen LogP contribution in [0, 0.1) is 11.8 Å². The van der Waals surface area contributed by atoms with Crippen molar-refractivity contribution in [3.63, 3.8) is 0 Å². The molecule has 0 saturated carbocycles. The minimum Gasteiger partial charge on any atom is -0.482 e. The van der Waals surface area contributed by atoms with Crippen LogP contribution >= 0.6 is 0 Å². The van der Waals surface area contributed by atoms with Gasteiger partial charge in [-0.1, -0.05) is 90.8 Å². The Balaban J connectivity index is 1.29. The van der Waals surface area contributed by atoms with Gasteiger partial charge in [-0.05, 0) is 73.5 Å². The second-order valence-corrected chi connectivity index (χ2v) is 11.2. The first-order chi connectivity index (χ1) is 19.6. The molecule has 0 fully saturated rings. The number of rotatable bonds is 8. The topological polar surface area (TPSA) is 35.5 Å². The summed E-state index contributed by atoms with van der Waals surface area (Å²) in [5.74, 6) is 6.41. The molecule has 0 spiro atoms. The van der Waals surface area contributed by atoms with E-state index >= 15 is 0 Å². The summed E-state index contributed by atoms with van der Waals surface area (Å²) in [5.41, 5.74) is 0.522. The molecule has 5 aromatic rings. The first-order valence-corrected chi connectivity index (χ1v) is 14.3. The van der Waals surface area contributed by atoms with Gasteiger partial charge in [-0.3, -0.25) is 0 Å². The van der Waals surface area contributed by atoms with Gasteiger partial charge < -0.3 is 9.47 Å². The lowest BCUT2D eigenvalue weighted by Gasteiger charge is -2.24. The Morgan fingerprint density at radius 1 is 0.650 bits per heavy atom. The van der Waals surface area contributed by atoms with E-state index in [0.29, 0.717) is 5.75 Å². The molecule has 1 unspecified atom stereocenters. The van der Waals surface area contributed by atoms with E-state index < -0.39 is 11.6 Å². The Bertz CT molecular complexity index is 1540. The lowest BCUT2D eigenvalue weighted by atomic mass is 9.96. The van der Waals surface area contributed by atoms with E-state index in [2.05, 4.69) is 72.5 Å². The Kier molecular flexibility index (Phi) is 8.66. The molecule has 0 saturated heterocycles. The number of esters is 1. The fourth-order valence-electron chi connectivity index (χ4n) is 4.22. The first-order valence-electron chi connectivity index (χ1n) is 13.0. The summed E-state index contributed by atoms with van der Waals surface area (Å²) >= 11 is 0. The van der Waals surface area contributed by atoms with E-state index in [9.17, 15) is 4.79 Å². The van der Waals surface area contributed by atoms with Gasteiger partial charge in [0.2, 0.25) is 0 Å². The number of ether oxygens (including phenoxy) is 2. The normalized spacial score (nSPS) is 12.1. The number of hydrogen-bond donors (Lipinski definition) is 0. The highest BCUT2D eigenvalue weighted by molar-refractivity contribution is 7.97. The van der Waals surface area contributed by atoms with Gasteiger partial charge in [-0.15, -0.1) is 0 Å². The van der Waals surface area contributed by atoms with Gasteiger partial charge in [0, 0.05) is 11.1 Å². The molecule has 0 heterocycles. The standard InChI is InChI=1S/C36H29O3S/c1-36(30-16-8-3-9-17-30,27-26-29-14-6-2-7-15-29)39-35(37)28-38-31-22-24-34(25-23-31)40(32-18-10-4-11-19-32)33-20-12-5-13-21-33/h2-25H,28H2,1H3/q+1. The van der Waals surface area contributed by atoms with Crippen molar-refractivity contribution in [3.05, 3.63) is 157 Å². The van der Waals surface area contributed by atoms with Crippen molar-refractivity contribution >= 4 is 16.9 Å². The van der Waals surface area contributed by atoms with Crippen LogP contribution in [0.1, 0.15) is 18.1 Å². The van der Waals surface area contributed by atoms with Crippen molar-refractivity contribution in [2.24, 2.45) is 0 Å². The summed E-state index contributed by atoms with van der Waals surface area (Å²) in [6.07, 6.45) is 0. The van der Waals surface area contributed by atoms with Crippen LogP contribution in [0.3, 0.4) is 0 Å². The Hall–Kier alpha value is -4.72. The predicted molar refractivity (Wildman–Crippen MR) is 160 cm³/mol. The fraction of sp³-hybridized carbons (Fsp3) is 0.0833. The van der Waals surface area contributed by atoms with Crippen molar-refractivity contribution in [2.45, 2.75) is 27.2 Å². The second kappa shape index (κ2) is 12.9. The maximum absolute atomic E-state index is 12.9. The van der Waals surface area contributed by atoms with Crippen LogP contribution in [0.5, 0.6) is 5.75 Å². The van der Waals surface area contributed by atoms with Crippen LogP contribution in [0.15, 0.2) is 160 Å². The zero-order valence-corrected chi connectivity index (χ0v) is 23.0. The van der Waals surface area contributed by atoms with Gasteiger partial charge in [0.25, 0.3) is 0 Å². The molecule has 1 atom stereocenters. The molecule has 0 aliphatic rings. The maximum Gasteiger partial charge on any atom is 0.345 e. The van der Waals surface area contributed by atoms with E-state index in [0.717, 1.165) is 11.1 Å². The van der Waals surface area contributed by atoms with Gasteiger partial charge in [0.05, 0.1) is 10.9 Å². The number of carbonyl (C=O) groups is 1. The molecule has 0 radical (unpaired) electrons. The lowest BCUT2D eigenvalue weighted by molar-refractivity contribution is -0.156. The third kappa shape index (κ3) is 6.83. The molecule has 0 aliphatic carbocycles. The minimum absolute atomic E-state index is 0.224. The minimum atomic E-state index is -1.12. The van der Waals surface area contributed by atoms with E-state index in [1.807, 2.05) is 84.9 Å². The molecule has 3 nitrogen and oxygen atoms in total. The number of carbonyl (C=O) groups excluding carboxylic acids is 1. The van der Waals surface area contributed by atoms with E-state index in [4.69, 9.17) is 9.47 Å². The van der Waals surface area contributed by atoms with Crippen molar-refractivity contribution in [2.75, 3.05) is 6.61 Å². The molecule has 0 aliphatic heterocycles. The smallest absolute Gasteiger partial charge is 0.345 e. The maximum atomic E-state index is 12.9. The summed E-state index contributed by atoms with van der Waals surface area (Å²) in [4.78, 5) is 16.6. The van der Waals surface area contributed by atoms with Gasteiger partial charge in [-0.2, -0.15) is 0 Å². The van der Waals surface area contributed by atoms with Gasteiger partial charge in [0.15, 0.2) is 26.9 Å². The number of hydrogen-bond acceptors (Lipinski definition) is 3. The molecule has 40 heavy (non-hydrogen) atoms. The monoisotopic (exact) mass is 541 g/mol. The van der Waals surface area contributed by atoms with Crippen LogP contribution in [-0.2, 0) is 26.0 Å². The quantitative estimate of drug-likeness (QED) is 0.115. The van der Waals surface area contributed by atoms with Crippen molar-refractivity contribution < 1.29 is 14.3 Å². The molecule has 0 amide bonds. The van der Waals surface area contributed by atoms with Crippen LogP contribution < -0.4 is 4.74 Å². The summed E-state index contributed by atoms with van der Waals surface area (Å²) in [6, 6.07) is 48.0. The second-order valence-electron chi connectivity index (χ2n) is 9.18. The fourth-order valence-corrected chi connectivity index (χ4v) is 6.30. The van der Waals surface area contributed by atoms with Gasteiger partial charge >= 0.3 is 5.97 Å². The van der Waals surface area contributed by atoms with Crippen LogP contribution in [-0.4, -0.2) is 12.6 Å². The summed E-state index contributed by atoms with van der Waals surface area (Å²) < 4.78 is 11.7. The van der Waals surface area contributed by atoms with Gasteiger partial charge in [0.1, 0.15) is 5.75 Å². The van der Waals surface area contributed by atoms with Gasteiger partial charge in [-0.25, -0.2) is 4.79 Å². The summed E-state index contributed by atoms with van der Waals surface area (Å²) in [5, 5.41) is 0. The van der Waals surface area contributed by atoms with E-state index in [1.54, 1.807) is 6.92 Å². The van der Waals surface area contributed by atoms with Crippen molar-refractivity contribution in [1.82, 2.24) is 0 Å². The lowest BCUT2D eigenvalue weighted by Crippen LogP contribution is -2.30. The molecule has 0 bridgehead atoms. The Morgan fingerprint density at radius 2 is 1.12 bits per heavy atom. The average molecular weight is 542 g/mol. The highest BCUT2D eigenvalue weighted by Gasteiger charge is 2.30. The highest BCUT2D eigenvalue weighted by atomic mass is 32.2. The molecule has 196 valence electrons. The first kappa shape index (κ1) is 26.9. The van der Waals surface area contributed by atoms with E-state index in [-0.39, 0.29) is 17.5 Å². The third-order valence-electron chi connectivity index (χ3n) is 6.24. The highest BCUT2D eigenvalue weighted by Crippen LogP contribution is 2.32. The molecule has 5 aromatic carbocycles.